The van der Waals surface area contributed by atoms with Crippen molar-refractivity contribution in [1.29, 1.82) is 0 Å². The van der Waals surface area contributed by atoms with Gasteiger partial charge in [-0.3, -0.25) is 42.9 Å². The number of rotatable bonds is 53. The molecule has 125 heavy (non-hydrogen) atoms. The molecule has 8 N–H and O–H groups in total. The van der Waals surface area contributed by atoms with Crippen LogP contribution >= 0.6 is 0 Å². The number of carbonyl (C=O) groups is 12. The fraction of sp³-hybridized carbons (Fsp3) is 0.739. The molecule has 722 valence electrons. The number of carboxylic acids is 1. The van der Waals surface area contributed by atoms with Crippen LogP contribution in [0.1, 0.15) is 297 Å². The lowest BCUT2D eigenvalue weighted by Gasteiger charge is -2.30. The van der Waals surface area contributed by atoms with Gasteiger partial charge in [0.25, 0.3) is 10.1 Å². The number of ether oxygens (including phenoxy) is 9. The second-order valence-corrected chi connectivity index (χ2v) is 36.7. The highest BCUT2D eigenvalue weighted by Gasteiger charge is 2.34. The van der Waals surface area contributed by atoms with Crippen molar-refractivity contribution >= 4 is 87.7 Å². The fourth-order valence-electron chi connectivity index (χ4n) is 9.01. The zero-order valence-electron chi connectivity index (χ0n) is 80.5. The number of aliphatic hydroxyl groups is 1. The monoisotopic (exact) mass is 1800 g/mol. The number of benzene rings is 2. The van der Waals surface area contributed by atoms with E-state index in [1.54, 1.807) is 48.5 Å². The van der Waals surface area contributed by atoms with Gasteiger partial charge in [-0.2, -0.15) is 8.42 Å². The van der Waals surface area contributed by atoms with Gasteiger partial charge in [0, 0.05) is 30.5 Å². The van der Waals surface area contributed by atoms with Gasteiger partial charge in [-0.25, -0.2) is 19.2 Å². The lowest BCUT2D eigenvalue weighted by molar-refractivity contribution is -0.157. The summed E-state index contributed by atoms with van der Waals surface area (Å²) in [6, 6.07) is 15.4. The number of carboxylic acid groups (broad SMARTS) is 1. The number of nitrogens with zero attached hydrogens (tertiary/aromatic N) is 1. The third-order valence-corrected chi connectivity index (χ3v) is 21.5. The van der Waals surface area contributed by atoms with Crippen molar-refractivity contribution in [3.8, 4) is 0 Å². The Bertz CT molecular complexity index is 3510. The first kappa shape index (κ1) is 123. The molecular formula is C92H162N6O26S. The number of anilines is 1. The van der Waals surface area contributed by atoms with Gasteiger partial charge in [0.05, 0.1) is 96.1 Å². The normalized spacial score (nSPS) is 11.9. The highest BCUT2D eigenvalue weighted by molar-refractivity contribution is 7.85. The Balaban J connectivity index is -0.000000728. The molecule has 33 heteroatoms. The summed E-state index contributed by atoms with van der Waals surface area (Å²) < 4.78 is 76.3. The number of aromatic carboxylic acids is 1. The third kappa shape index (κ3) is 65.5. The standard InChI is InChI=1S/C24H37NO6.C23H43NO6.C16H22N2O5.C10H21NO4S.C10H21NO2.C9H18O3/c1-4-24(2,3)22(27)30-19-16-25-23(28)31-17-10-6-9-15-21(26)29-18-11-14-20-12-7-5-8-13-20;1-6-9-13-19(7-2)18-30-20(25)14-11-10-12-16-29-22(27)24-15-17-28-21(26)23(4,5)8-3;1-4-16(2,3)14(21)23-10-9-17-15(22)18-12-7-5-11(6-8-12)13(19)20;1-6-9(2,3)8(12)11-10(4,5)7-16(13,14)15;1-6-10(2,3)9(12)13-8-7-11(4)5;1-5-9(3,4)8(11)12-6-7(2)10/h5,7-8,12-13H,4,6,9-11,14-19H2,1-3H3,(H,25,28);19H,6-18H2,1-5H3,(H,24,27);5-8H,4,9-10H2,1-3H3,(H,19,20)(H2,17,18,22);6-7H2,1-5H3,(H,11,12)(H,13,14,15);6-8H2,1-5H3;7,10H,5-6H2,1-4H3. The van der Waals surface area contributed by atoms with E-state index in [4.69, 9.17) is 57.4 Å². The lowest BCUT2D eigenvalue weighted by Crippen LogP contribution is -2.52. The van der Waals surface area contributed by atoms with Crippen LogP contribution in [-0.4, -0.2) is 217 Å². The number of alkyl carbamates (subject to hydrolysis) is 2. The number of urea groups is 1. The van der Waals surface area contributed by atoms with Gasteiger partial charge in [0.1, 0.15) is 33.0 Å². The quantitative estimate of drug-likeness (QED) is 0.0132. The summed E-state index contributed by atoms with van der Waals surface area (Å²) in [5, 5.41) is 30.5. The van der Waals surface area contributed by atoms with Crippen LogP contribution in [0, 0.1) is 38.4 Å². The summed E-state index contributed by atoms with van der Waals surface area (Å²) in [5.74, 6) is -2.81. The molecule has 2 aromatic rings. The van der Waals surface area contributed by atoms with Crippen LogP contribution in [0.4, 0.5) is 20.1 Å². The molecule has 0 saturated carbocycles. The molecule has 0 aromatic heterocycles. The number of aliphatic hydroxyl groups excluding tert-OH is 1. The number of nitrogens with one attached hydrogen (secondary N) is 5. The molecule has 0 aliphatic rings. The second-order valence-electron chi connectivity index (χ2n) is 35.2. The van der Waals surface area contributed by atoms with Gasteiger partial charge in [-0.15, -0.1) is 0 Å². The molecule has 0 spiro atoms. The number of hydrogen-bond acceptors (Lipinski definition) is 25. The van der Waals surface area contributed by atoms with E-state index >= 15 is 0 Å². The van der Waals surface area contributed by atoms with Gasteiger partial charge in [0.2, 0.25) is 5.91 Å². The number of carbonyl (C=O) groups excluding carboxylic acids is 11. The van der Waals surface area contributed by atoms with Crippen LogP contribution in [0.15, 0.2) is 54.6 Å². The molecule has 2 unspecified atom stereocenters. The van der Waals surface area contributed by atoms with E-state index in [0.29, 0.717) is 95.8 Å². The van der Waals surface area contributed by atoms with Crippen molar-refractivity contribution in [2.45, 2.75) is 299 Å². The van der Waals surface area contributed by atoms with Crippen molar-refractivity contribution in [2.75, 3.05) is 111 Å². The summed E-state index contributed by atoms with van der Waals surface area (Å²) in [5.41, 5.74) is -2.01. The van der Waals surface area contributed by atoms with E-state index in [-0.39, 0.29) is 111 Å². The van der Waals surface area contributed by atoms with E-state index in [1.807, 2.05) is 134 Å². The second kappa shape index (κ2) is 66.7. The number of aryl methyl sites for hydroxylation is 1. The Morgan fingerprint density at radius 3 is 1.21 bits per heavy atom. The van der Waals surface area contributed by atoms with Crippen LogP contribution in [0.2, 0.25) is 0 Å². The number of likely N-dealkylation sites (N-methyl/N-ethyl adjacent to an activating group) is 1. The largest absolute Gasteiger partial charge is 0.478 e. The minimum atomic E-state index is -4.09. The van der Waals surface area contributed by atoms with Gasteiger partial charge in [-0.05, 0) is 236 Å². The third-order valence-electron chi connectivity index (χ3n) is 20.4. The smallest absolute Gasteiger partial charge is 0.407 e. The lowest BCUT2D eigenvalue weighted by atomic mass is 9.88. The zero-order valence-corrected chi connectivity index (χ0v) is 81.3. The Labute approximate surface area is 747 Å². The van der Waals surface area contributed by atoms with Crippen LogP contribution < -0.4 is 26.6 Å². The number of amides is 5. The molecule has 0 aliphatic heterocycles. The number of hydrogen-bond donors (Lipinski definition) is 8. The molecule has 2 aromatic carbocycles. The highest BCUT2D eigenvalue weighted by atomic mass is 32.2. The molecule has 2 rings (SSSR count). The number of unbranched alkanes of at least 4 members (excludes halogenated alkanes) is 5. The van der Waals surface area contributed by atoms with Gasteiger partial charge in [-0.1, -0.05) is 119 Å². The molecule has 32 nitrogen and oxygen atoms in total. The van der Waals surface area contributed by atoms with E-state index in [9.17, 15) is 66.0 Å². The molecule has 0 bridgehead atoms. The highest BCUT2D eigenvalue weighted by Crippen LogP contribution is 2.27. The van der Waals surface area contributed by atoms with Crippen molar-refractivity contribution in [3.63, 3.8) is 0 Å². The van der Waals surface area contributed by atoms with Gasteiger partial charge >= 0.3 is 66.0 Å². The molecule has 5 amide bonds. The van der Waals surface area contributed by atoms with E-state index in [2.05, 4.69) is 52.6 Å². The SMILES string of the molecule is CCC(C)(C)C(=O)NC(C)(C)CS(=O)(=O)O.CCC(C)(C)C(=O)OCC(C)O.CCC(C)(C)C(=O)OCCN(C)C.CCC(C)(C)C(=O)OCCNC(=O)Nc1ccc(C(=O)O)cc1.CCC(C)(C)C(=O)OCCNC(=O)OCCCCCC(=O)OCCCc1ccccc1.CCCCC(CC)COC(=O)CCCCCOC(=O)NCCOC(=O)C(C)(C)CC. The first-order chi connectivity index (χ1) is 58.1. The van der Waals surface area contributed by atoms with Crippen LogP contribution in [-0.2, 0) is 97.5 Å². The minimum absolute atomic E-state index is 0.0856. The Kier molecular flexibility index (Phi) is 65.4. The predicted octanol–water partition coefficient (Wildman–Crippen LogP) is 16.0. The van der Waals surface area contributed by atoms with E-state index < -0.39 is 78.8 Å². The predicted molar refractivity (Wildman–Crippen MR) is 484 cm³/mol. The molecule has 0 heterocycles. The van der Waals surface area contributed by atoms with Crippen LogP contribution in [0.25, 0.3) is 0 Å². The zero-order chi connectivity index (χ0) is 96.7. The van der Waals surface area contributed by atoms with Crippen molar-refractivity contribution in [1.82, 2.24) is 26.2 Å². The molecule has 0 fully saturated rings. The summed E-state index contributed by atoms with van der Waals surface area (Å²) >= 11 is 0. The average molecular weight is 1800 g/mol. The summed E-state index contributed by atoms with van der Waals surface area (Å²) in [4.78, 5) is 141. The molecule has 0 radical (unpaired) electrons. The summed E-state index contributed by atoms with van der Waals surface area (Å²) in [7, 11) is -0.180. The van der Waals surface area contributed by atoms with E-state index in [1.165, 1.54) is 36.2 Å². The molecule has 2 atom stereocenters. The Morgan fingerprint density at radius 1 is 0.440 bits per heavy atom. The minimum Gasteiger partial charge on any atom is -0.478 e. The Hall–Kier alpha value is -8.69. The first-order valence-corrected chi connectivity index (χ1v) is 45.7. The molecule has 0 aliphatic carbocycles. The van der Waals surface area contributed by atoms with Crippen molar-refractivity contribution < 1.29 is 123 Å². The maximum Gasteiger partial charge on any atom is 0.407 e. The Morgan fingerprint density at radius 2 is 0.832 bits per heavy atom. The van der Waals surface area contributed by atoms with Crippen LogP contribution in [0.5, 0.6) is 0 Å². The molecular weight excluding hydrogens is 1640 g/mol. The van der Waals surface area contributed by atoms with Gasteiger partial charge < -0.3 is 84.3 Å². The van der Waals surface area contributed by atoms with E-state index in [0.717, 1.165) is 70.8 Å². The van der Waals surface area contributed by atoms with Gasteiger partial charge in [0.15, 0.2) is 0 Å². The molecule has 0 saturated heterocycles. The van der Waals surface area contributed by atoms with Crippen LogP contribution in [0.3, 0.4) is 0 Å². The summed E-state index contributed by atoms with van der Waals surface area (Å²) in [6.07, 6.45) is 13.9. The maximum atomic E-state index is 11.8. The number of esters is 7. The fourth-order valence-corrected chi connectivity index (χ4v) is 9.99. The maximum absolute atomic E-state index is 11.8. The first-order valence-electron chi connectivity index (χ1n) is 44.1. The average Bonchev–Trinajstić information content (AvgIpc) is 0.844. The topological polar surface area (TPSA) is 446 Å². The summed E-state index contributed by atoms with van der Waals surface area (Å²) in [6.45, 7) is 46.3. The van der Waals surface area contributed by atoms with Crippen molar-refractivity contribution in [3.05, 3.63) is 65.7 Å². The van der Waals surface area contributed by atoms with Crippen molar-refractivity contribution in [2.24, 2.45) is 38.4 Å².